The molecule has 8 heteroatoms. The van der Waals surface area contributed by atoms with E-state index in [1.54, 1.807) is 0 Å². The minimum atomic E-state index is -3.96. The molecule has 30 heavy (non-hydrogen) atoms. The van der Waals surface area contributed by atoms with E-state index in [1.807, 2.05) is 30.3 Å². The lowest BCUT2D eigenvalue weighted by molar-refractivity contribution is -0.123. The molecule has 0 spiro atoms. The molecule has 162 valence electrons. The monoisotopic (exact) mass is 450 g/mol. The fourth-order valence-corrected chi connectivity index (χ4v) is 5.20. The number of carbonyl (C=O) groups excluding carboxylic acids is 1. The van der Waals surface area contributed by atoms with Crippen LogP contribution in [-0.4, -0.2) is 33.5 Å². The molecule has 1 aliphatic rings. The van der Waals surface area contributed by atoms with Gasteiger partial charge in [-0.15, -0.1) is 0 Å². The van der Waals surface area contributed by atoms with E-state index in [2.05, 4.69) is 10.0 Å². The fourth-order valence-electron chi connectivity index (χ4n) is 3.66. The minimum Gasteiger partial charge on any atom is -0.495 e. The van der Waals surface area contributed by atoms with Gasteiger partial charge in [0.1, 0.15) is 11.8 Å². The molecule has 0 saturated heterocycles. The second-order valence-electron chi connectivity index (χ2n) is 7.50. The number of nitrogens with one attached hydrogen (secondary N) is 2. The highest BCUT2D eigenvalue weighted by molar-refractivity contribution is 7.89. The van der Waals surface area contributed by atoms with Crippen LogP contribution in [0.1, 0.15) is 37.7 Å². The second kappa shape index (κ2) is 10.3. The van der Waals surface area contributed by atoms with Gasteiger partial charge in [-0.3, -0.25) is 4.79 Å². The summed E-state index contributed by atoms with van der Waals surface area (Å²) in [5, 5.41) is 3.22. The highest BCUT2D eigenvalue weighted by Crippen LogP contribution is 2.27. The van der Waals surface area contributed by atoms with Crippen molar-refractivity contribution < 1.29 is 17.9 Å². The predicted octanol–water partition coefficient (Wildman–Crippen LogP) is 3.69. The Morgan fingerprint density at radius 3 is 2.47 bits per heavy atom. The van der Waals surface area contributed by atoms with Gasteiger partial charge < -0.3 is 10.1 Å². The molecule has 0 aromatic heterocycles. The Morgan fingerprint density at radius 2 is 1.83 bits per heavy atom. The van der Waals surface area contributed by atoms with Crippen molar-refractivity contribution in [2.75, 3.05) is 7.11 Å². The van der Waals surface area contributed by atoms with Crippen molar-refractivity contribution in [3.8, 4) is 5.75 Å². The van der Waals surface area contributed by atoms with Crippen LogP contribution in [0.5, 0.6) is 5.75 Å². The van der Waals surface area contributed by atoms with Crippen LogP contribution < -0.4 is 14.8 Å². The number of benzene rings is 2. The van der Waals surface area contributed by atoms with Crippen LogP contribution >= 0.6 is 11.6 Å². The molecule has 3 rings (SSSR count). The van der Waals surface area contributed by atoms with Gasteiger partial charge in [-0.25, -0.2) is 8.42 Å². The van der Waals surface area contributed by atoms with Gasteiger partial charge in [-0.05, 0) is 43.0 Å². The Morgan fingerprint density at radius 1 is 1.13 bits per heavy atom. The number of amides is 1. The number of sulfonamides is 1. The third-order valence-electron chi connectivity index (χ3n) is 5.28. The lowest BCUT2D eigenvalue weighted by atomic mass is 9.95. The predicted molar refractivity (Wildman–Crippen MR) is 117 cm³/mol. The number of methoxy groups -OCH3 is 1. The molecular formula is C22H27ClN2O4S. The van der Waals surface area contributed by atoms with Gasteiger partial charge >= 0.3 is 0 Å². The maximum Gasteiger partial charge on any atom is 0.241 e. The Labute approximate surface area is 183 Å². The molecule has 2 aromatic carbocycles. The van der Waals surface area contributed by atoms with Crippen LogP contribution in [0.25, 0.3) is 0 Å². The summed E-state index contributed by atoms with van der Waals surface area (Å²) in [6.07, 6.45) is 5.41. The molecule has 0 bridgehead atoms. The van der Waals surface area contributed by atoms with Gasteiger partial charge in [0, 0.05) is 6.04 Å². The van der Waals surface area contributed by atoms with Crippen LogP contribution in [0.15, 0.2) is 53.4 Å². The topological polar surface area (TPSA) is 84.5 Å². The fraction of sp³-hybridized carbons (Fsp3) is 0.409. The number of carbonyl (C=O) groups is 1. The SMILES string of the molecule is COc1ccc(S(=O)(=O)NC(Cc2ccccc2)C(=O)NC2CCCCC2)cc1Cl. The molecule has 2 N–H and O–H groups in total. The lowest BCUT2D eigenvalue weighted by Gasteiger charge is -2.26. The zero-order chi connectivity index (χ0) is 21.6. The summed E-state index contributed by atoms with van der Waals surface area (Å²) in [5.41, 5.74) is 0.872. The second-order valence-corrected chi connectivity index (χ2v) is 9.62. The van der Waals surface area contributed by atoms with Crippen molar-refractivity contribution in [1.29, 1.82) is 0 Å². The average Bonchev–Trinajstić information content (AvgIpc) is 2.74. The van der Waals surface area contributed by atoms with Crippen LogP contribution in [0.3, 0.4) is 0 Å². The Bertz CT molecular complexity index is 960. The number of ether oxygens (including phenoxy) is 1. The minimum absolute atomic E-state index is 0.0168. The Kier molecular flexibility index (Phi) is 7.75. The molecule has 0 heterocycles. The number of hydrogen-bond donors (Lipinski definition) is 2. The number of hydrogen-bond acceptors (Lipinski definition) is 4. The highest BCUT2D eigenvalue weighted by atomic mass is 35.5. The summed E-state index contributed by atoms with van der Waals surface area (Å²) >= 11 is 6.10. The molecule has 1 unspecified atom stereocenters. The quantitative estimate of drug-likeness (QED) is 0.642. The van der Waals surface area contributed by atoms with E-state index in [1.165, 1.54) is 31.7 Å². The number of halogens is 1. The van der Waals surface area contributed by atoms with Crippen molar-refractivity contribution in [3.63, 3.8) is 0 Å². The van der Waals surface area contributed by atoms with Crippen molar-refractivity contribution in [2.45, 2.75) is 55.5 Å². The summed E-state index contributed by atoms with van der Waals surface area (Å²) in [6, 6.07) is 12.7. The van der Waals surface area contributed by atoms with E-state index in [9.17, 15) is 13.2 Å². The van der Waals surface area contributed by atoms with Crippen LogP contribution in [0, 0.1) is 0 Å². The van der Waals surface area contributed by atoms with Crippen LogP contribution in [-0.2, 0) is 21.2 Å². The molecule has 1 saturated carbocycles. The Balaban J connectivity index is 1.81. The molecule has 1 fully saturated rings. The van der Waals surface area contributed by atoms with E-state index in [-0.39, 0.29) is 28.3 Å². The van der Waals surface area contributed by atoms with Crippen LogP contribution in [0.2, 0.25) is 5.02 Å². The van der Waals surface area contributed by atoms with Gasteiger partial charge in [0.05, 0.1) is 17.0 Å². The first-order chi connectivity index (χ1) is 14.4. The maximum atomic E-state index is 13.0. The lowest BCUT2D eigenvalue weighted by Crippen LogP contribution is -2.50. The molecular weight excluding hydrogens is 424 g/mol. The molecule has 2 aromatic rings. The van der Waals surface area contributed by atoms with Crippen molar-refractivity contribution in [1.82, 2.24) is 10.0 Å². The van der Waals surface area contributed by atoms with E-state index in [4.69, 9.17) is 16.3 Å². The van der Waals surface area contributed by atoms with E-state index in [0.29, 0.717) is 5.75 Å². The van der Waals surface area contributed by atoms with Gasteiger partial charge in [-0.1, -0.05) is 61.2 Å². The normalized spacial score (nSPS) is 16.1. The molecule has 1 amide bonds. The molecule has 0 aliphatic heterocycles. The summed E-state index contributed by atoms with van der Waals surface area (Å²) in [6.45, 7) is 0. The first-order valence-corrected chi connectivity index (χ1v) is 12.0. The third kappa shape index (κ3) is 5.97. The zero-order valence-electron chi connectivity index (χ0n) is 16.9. The molecule has 1 atom stereocenters. The van der Waals surface area contributed by atoms with Gasteiger partial charge in [-0.2, -0.15) is 4.72 Å². The Hall–Kier alpha value is -2.09. The van der Waals surface area contributed by atoms with Gasteiger partial charge in [0.25, 0.3) is 0 Å². The summed E-state index contributed by atoms with van der Waals surface area (Å²) in [4.78, 5) is 13.0. The largest absolute Gasteiger partial charge is 0.495 e. The molecule has 6 nitrogen and oxygen atoms in total. The average molecular weight is 451 g/mol. The third-order valence-corrected chi connectivity index (χ3v) is 7.05. The van der Waals surface area contributed by atoms with Crippen LogP contribution in [0.4, 0.5) is 0 Å². The first-order valence-electron chi connectivity index (χ1n) is 10.1. The van der Waals surface area contributed by atoms with Crippen molar-refractivity contribution in [2.24, 2.45) is 0 Å². The van der Waals surface area contributed by atoms with Gasteiger partial charge in [0.2, 0.25) is 15.9 Å². The first kappa shape index (κ1) is 22.6. The standard InChI is InChI=1S/C22H27ClN2O4S/c1-29-21-13-12-18(15-19(21)23)30(27,28)25-20(14-16-8-4-2-5-9-16)22(26)24-17-10-6-3-7-11-17/h2,4-5,8-9,12-13,15,17,20,25H,3,6-7,10-11,14H2,1H3,(H,24,26). The summed E-state index contributed by atoms with van der Waals surface area (Å²) < 4.78 is 33.6. The van der Waals surface area contributed by atoms with E-state index < -0.39 is 16.1 Å². The van der Waals surface area contributed by atoms with E-state index in [0.717, 1.165) is 31.2 Å². The van der Waals surface area contributed by atoms with Crippen molar-refractivity contribution in [3.05, 3.63) is 59.1 Å². The number of rotatable bonds is 8. The van der Waals surface area contributed by atoms with Crippen molar-refractivity contribution >= 4 is 27.5 Å². The molecule has 0 radical (unpaired) electrons. The van der Waals surface area contributed by atoms with Gasteiger partial charge in [0.15, 0.2) is 0 Å². The summed E-state index contributed by atoms with van der Waals surface area (Å²) in [7, 11) is -2.51. The zero-order valence-corrected chi connectivity index (χ0v) is 18.5. The highest BCUT2D eigenvalue weighted by Gasteiger charge is 2.28. The smallest absolute Gasteiger partial charge is 0.241 e. The maximum absolute atomic E-state index is 13.0. The van der Waals surface area contributed by atoms with E-state index >= 15 is 0 Å². The summed E-state index contributed by atoms with van der Waals surface area (Å²) in [5.74, 6) is 0.0698. The molecule has 1 aliphatic carbocycles.